The van der Waals surface area contributed by atoms with Gasteiger partial charge in [0.2, 0.25) is 0 Å². The standard InChI is InChI=1S/C12H16IN3O7/c1-6(16-10(13)3-11(19)14-12(16)20)23-9(5-22-7(2)18)8(4-17)15-21/h3,6,8-9,17H,4-5H2,1-2H3,(H,14,19,20)/t6?,8?,9-/m1/s1. The number of esters is 1. The minimum Gasteiger partial charge on any atom is -0.463 e. The van der Waals surface area contributed by atoms with E-state index in [4.69, 9.17) is 14.6 Å². The summed E-state index contributed by atoms with van der Waals surface area (Å²) >= 11 is 1.78. The van der Waals surface area contributed by atoms with Gasteiger partial charge in [-0.2, -0.15) is 4.91 Å². The van der Waals surface area contributed by atoms with Crippen LogP contribution in [0.15, 0.2) is 20.8 Å². The van der Waals surface area contributed by atoms with Gasteiger partial charge in [0.15, 0.2) is 0 Å². The molecule has 1 aromatic rings. The zero-order valence-corrected chi connectivity index (χ0v) is 14.6. The minimum absolute atomic E-state index is 0.314. The molecule has 0 aliphatic rings. The highest BCUT2D eigenvalue weighted by Crippen LogP contribution is 2.16. The van der Waals surface area contributed by atoms with E-state index in [-0.39, 0.29) is 6.61 Å². The Morgan fingerprint density at radius 3 is 2.65 bits per heavy atom. The molecule has 2 N–H and O–H groups in total. The first kappa shape index (κ1) is 19.4. The quantitative estimate of drug-likeness (QED) is 0.245. The van der Waals surface area contributed by atoms with Gasteiger partial charge in [0, 0.05) is 13.0 Å². The predicted octanol–water partition coefficient (Wildman–Crippen LogP) is -0.265. The van der Waals surface area contributed by atoms with Crippen molar-refractivity contribution in [1.82, 2.24) is 9.55 Å². The van der Waals surface area contributed by atoms with Crippen LogP contribution in [0, 0.1) is 8.61 Å². The monoisotopic (exact) mass is 441 g/mol. The Hall–Kier alpha value is -1.60. The molecule has 0 radical (unpaired) electrons. The third kappa shape index (κ3) is 5.51. The van der Waals surface area contributed by atoms with E-state index in [1.54, 1.807) is 22.6 Å². The highest BCUT2D eigenvalue weighted by molar-refractivity contribution is 14.1. The summed E-state index contributed by atoms with van der Waals surface area (Å²) in [4.78, 5) is 46.8. The van der Waals surface area contributed by atoms with Gasteiger partial charge in [0.25, 0.3) is 5.56 Å². The molecular weight excluding hydrogens is 425 g/mol. The van der Waals surface area contributed by atoms with Crippen LogP contribution in [0.3, 0.4) is 0 Å². The predicted molar refractivity (Wildman–Crippen MR) is 86.9 cm³/mol. The second kappa shape index (κ2) is 8.88. The number of rotatable bonds is 8. The third-order valence-electron chi connectivity index (χ3n) is 2.87. The lowest BCUT2D eigenvalue weighted by molar-refractivity contribution is -0.150. The van der Waals surface area contributed by atoms with E-state index < -0.39 is 42.2 Å². The first-order valence-corrected chi connectivity index (χ1v) is 7.61. The fraction of sp³-hybridized carbons (Fsp3) is 0.583. The topological polar surface area (TPSA) is 140 Å². The Balaban J connectivity index is 3.02. The molecule has 0 aromatic carbocycles. The minimum atomic E-state index is -1.17. The summed E-state index contributed by atoms with van der Waals surface area (Å²) in [7, 11) is 0. The Kier molecular flexibility index (Phi) is 7.51. The normalized spacial score (nSPS) is 14.8. The fourth-order valence-electron chi connectivity index (χ4n) is 1.79. The fourth-order valence-corrected chi connectivity index (χ4v) is 2.68. The molecule has 10 nitrogen and oxygen atoms in total. The first-order chi connectivity index (χ1) is 10.8. The van der Waals surface area contributed by atoms with Crippen LogP contribution in [0.4, 0.5) is 0 Å². The second-order valence-electron chi connectivity index (χ2n) is 4.56. The summed E-state index contributed by atoms with van der Waals surface area (Å²) in [6.45, 7) is 1.76. The molecule has 23 heavy (non-hydrogen) atoms. The van der Waals surface area contributed by atoms with Crippen LogP contribution >= 0.6 is 22.6 Å². The van der Waals surface area contributed by atoms with Gasteiger partial charge in [-0.05, 0) is 29.5 Å². The Labute approximate surface area is 143 Å². The van der Waals surface area contributed by atoms with Crippen molar-refractivity contribution >= 4 is 28.6 Å². The van der Waals surface area contributed by atoms with E-state index >= 15 is 0 Å². The van der Waals surface area contributed by atoms with E-state index in [2.05, 4.69) is 10.2 Å². The highest BCUT2D eigenvalue weighted by Gasteiger charge is 2.27. The number of halogens is 1. The van der Waals surface area contributed by atoms with Gasteiger partial charge in [-0.15, -0.1) is 0 Å². The summed E-state index contributed by atoms with van der Waals surface area (Å²) in [6, 6.07) is 0.0256. The maximum absolute atomic E-state index is 11.9. The summed E-state index contributed by atoms with van der Waals surface area (Å²) in [5, 5.41) is 11.9. The SMILES string of the molecule is CC(=O)OC[C@@H](OC(C)n1c(I)cc(=O)[nH]c1=O)C(CO)N=O. The number of hydrogen-bond donors (Lipinski definition) is 2. The molecular formula is C12H16IN3O7. The van der Waals surface area contributed by atoms with Crippen LogP contribution in [0.2, 0.25) is 0 Å². The number of aliphatic hydroxyl groups excluding tert-OH is 1. The van der Waals surface area contributed by atoms with E-state index in [0.29, 0.717) is 3.70 Å². The maximum Gasteiger partial charge on any atom is 0.331 e. The number of nitrogens with zero attached hydrogens (tertiary/aromatic N) is 2. The maximum atomic E-state index is 11.9. The van der Waals surface area contributed by atoms with Crippen LogP contribution in [0.25, 0.3) is 0 Å². The number of aromatic amines is 1. The zero-order valence-electron chi connectivity index (χ0n) is 12.4. The van der Waals surface area contributed by atoms with E-state index in [9.17, 15) is 19.3 Å². The summed E-state index contributed by atoms with van der Waals surface area (Å²) in [6.07, 6.45) is -1.95. The average molecular weight is 441 g/mol. The molecule has 1 rings (SSSR count). The Morgan fingerprint density at radius 2 is 2.17 bits per heavy atom. The van der Waals surface area contributed by atoms with Crippen molar-refractivity contribution in [2.45, 2.75) is 32.2 Å². The Bertz CT molecular complexity index is 671. The van der Waals surface area contributed by atoms with Crippen molar-refractivity contribution in [3.63, 3.8) is 0 Å². The second-order valence-corrected chi connectivity index (χ2v) is 5.67. The third-order valence-corrected chi connectivity index (χ3v) is 3.70. The van der Waals surface area contributed by atoms with Crippen molar-refractivity contribution in [3.8, 4) is 0 Å². The molecule has 11 heteroatoms. The molecule has 0 saturated carbocycles. The number of nitroso groups, excluding NO2 is 1. The number of H-pyrrole nitrogens is 1. The first-order valence-electron chi connectivity index (χ1n) is 6.53. The van der Waals surface area contributed by atoms with Crippen LogP contribution in [-0.2, 0) is 14.3 Å². The van der Waals surface area contributed by atoms with E-state index in [0.717, 1.165) is 4.57 Å². The number of hydrogen-bond acceptors (Lipinski definition) is 8. The van der Waals surface area contributed by atoms with Crippen molar-refractivity contribution in [1.29, 1.82) is 0 Å². The number of carbonyl (C=O) groups excluding carboxylic acids is 1. The lowest BCUT2D eigenvalue weighted by Gasteiger charge is -2.25. The van der Waals surface area contributed by atoms with Crippen molar-refractivity contribution in [2.24, 2.45) is 5.18 Å². The Morgan fingerprint density at radius 1 is 1.52 bits per heavy atom. The molecule has 0 aliphatic carbocycles. The van der Waals surface area contributed by atoms with Gasteiger partial charge in [0.05, 0.1) is 10.3 Å². The van der Waals surface area contributed by atoms with Crippen molar-refractivity contribution in [3.05, 3.63) is 35.5 Å². The molecule has 1 aromatic heterocycles. The van der Waals surface area contributed by atoms with Crippen molar-refractivity contribution < 1.29 is 19.4 Å². The van der Waals surface area contributed by atoms with Crippen LogP contribution < -0.4 is 11.2 Å². The molecule has 0 bridgehead atoms. The van der Waals surface area contributed by atoms with Gasteiger partial charge in [-0.3, -0.25) is 19.1 Å². The van der Waals surface area contributed by atoms with E-state index in [1.165, 1.54) is 19.9 Å². The lowest BCUT2D eigenvalue weighted by Crippen LogP contribution is -2.40. The summed E-state index contributed by atoms with van der Waals surface area (Å²) in [5.41, 5.74) is -1.25. The van der Waals surface area contributed by atoms with Crippen LogP contribution in [0.1, 0.15) is 20.1 Å². The zero-order chi connectivity index (χ0) is 17.6. The van der Waals surface area contributed by atoms with E-state index in [1.807, 2.05) is 0 Å². The molecule has 0 amide bonds. The van der Waals surface area contributed by atoms with Gasteiger partial charge < -0.3 is 14.6 Å². The number of ether oxygens (including phenoxy) is 2. The molecule has 0 aliphatic heterocycles. The van der Waals surface area contributed by atoms with Crippen LogP contribution in [-0.4, -0.2) is 46.0 Å². The molecule has 0 spiro atoms. The molecule has 2 unspecified atom stereocenters. The largest absolute Gasteiger partial charge is 0.463 e. The number of carbonyl (C=O) groups is 1. The van der Waals surface area contributed by atoms with Crippen molar-refractivity contribution in [2.75, 3.05) is 13.2 Å². The highest BCUT2D eigenvalue weighted by atomic mass is 127. The molecule has 1 heterocycles. The van der Waals surface area contributed by atoms with Gasteiger partial charge >= 0.3 is 11.7 Å². The van der Waals surface area contributed by atoms with Gasteiger partial charge in [-0.25, -0.2) is 4.79 Å². The molecule has 128 valence electrons. The number of aliphatic hydroxyl groups is 1. The molecule has 0 saturated heterocycles. The molecule has 0 fully saturated rings. The number of aromatic nitrogens is 2. The summed E-state index contributed by atoms with van der Waals surface area (Å²) < 4.78 is 11.8. The van der Waals surface area contributed by atoms with Crippen LogP contribution in [0.5, 0.6) is 0 Å². The number of nitrogens with one attached hydrogen (secondary N) is 1. The summed E-state index contributed by atoms with van der Waals surface area (Å²) in [5.74, 6) is -0.593. The molecule has 3 atom stereocenters. The average Bonchev–Trinajstić information content (AvgIpc) is 2.44. The van der Waals surface area contributed by atoms with Gasteiger partial charge in [0.1, 0.15) is 25.0 Å². The smallest absolute Gasteiger partial charge is 0.331 e. The van der Waals surface area contributed by atoms with Gasteiger partial charge in [-0.1, -0.05) is 5.18 Å². The lowest BCUT2D eigenvalue weighted by atomic mass is 10.2.